The minimum Gasteiger partial charge on any atom is -0.493 e. The van der Waals surface area contributed by atoms with Crippen LogP contribution in [0.25, 0.3) is 10.6 Å². The molecule has 148 valence electrons. The zero-order valence-electron chi connectivity index (χ0n) is 16.6. The van der Waals surface area contributed by atoms with Crippen molar-refractivity contribution in [1.29, 1.82) is 0 Å². The highest BCUT2D eigenvalue weighted by atomic mass is 32.1. The van der Waals surface area contributed by atoms with Crippen molar-refractivity contribution in [2.75, 3.05) is 27.9 Å². The molecule has 0 fully saturated rings. The number of aromatic nitrogens is 1. The maximum absolute atomic E-state index is 5.47. The van der Waals surface area contributed by atoms with Gasteiger partial charge in [0, 0.05) is 17.5 Å². The van der Waals surface area contributed by atoms with Gasteiger partial charge in [-0.15, -0.1) is 22.7 Å². The number of ether oxygens (including phenoxy) is 3. The Balaban J connectivity index is 2.15. The van der Waals surface area contributed by atoms with Gasteiger partial charge >= 0.3 is 0 Å². The van der Waals surface area contributed by atoms with Crippen LogP contribution in [0.5, 0.6) is 17.2 Å². The van der Waals surface area contributed by atoms with Gasteiger partial charge in [0.25, 0.3) is 0 Å². The average Bonchev–Trinajstić information content (AvgIpc) is 3.37. The fourth-order valence-corrected chi connectivity index (χ4v) is 4.42. The van der Waals surface area contributed by atoms with E-state index in [1.165, 1.54) is 0 Å². The third-order valence-corrected chi connectivity index (χ3v) is 5.83. The molecule has 0 aliphatic rings. The quantitative estimate of drug-likeness (QED) is 0.532. The number of hydrogen-bond acceptors (Lipinski definition) is 7. The average molecular weight is 418 g/mol. The Morgan fingerprint density at radius 3 is 2.32 bits per heavy atom. The van der Waals surface area contributed by atoms with Crippen molar-refractivity contribution in [3.8, 4) is 27.8 Å². The molecule has 0 spiro atoms. The maximum Gasteiger partial charge on any atom is 0.206 e. The van der Waals surface area contributed by atoms with E-state index < -0.39 is 0 Å². The van der Waals surface area contributed by atoms with Crippen LogP contribution in [-0.4, -0.2) is 38.3 Å². The number of benzene rings is 1. The van der Waals surface area contributed by atoms with Crippen LogP contribution in [-0.2, 0) is 0 Å². The molecule has 6 nitrogen and oxygen atoms in total. The van der Waals surface area contributed by atoms with Gasteiger partial charge in [-0.05, 0) is 37.4 Å². The SMILES string of the molecule is CCN=c1scc(-c2cccs2)n1N=C(C)c1cc(OC)c(OC)c(OC)c1. The molecule has 0 aliphatic carbocycles. The first-order valence-electron chi connectivity index (χ1n) is 8.73. The summed E-state index contributed by atoms with van der Waals surface area (Å²) >= 11 is 3.26. The summed E-state index contributed by atoms with van der Waals surface area (Å²) in [6, 6.07) is 7.92. The van der Waals surface area contributed by atoms with Gasteiger partial charge in [0.1, 0.15) is 0 Å². The Hall–Kier alpha value is -2.58. The molecule has 0 radical (unpaired) electrons. The van der Waals surface area contributed by atoms with Crippen LogP contribution in [0.3, 0.4) is 0 Å². The monoisotopic (exact) mass is 417 g/mol. The third-order valence-electron chi connectivity index (χ3n) is 4.08. The molecular weight excluding hydrogens is 394 g/mol. The number of nitrogens with zero attached hydrogens (tertiary/aromatic N) is 3. The van der Waals surface area contributed by atoms with E-state index in [1.54, 1.807) is 44.0 Å². The van der Waals surface area contributed by atoms with Crippen LogP contribution in [0, 0.1) is 0 Å². The molecule has 28 heavy (non-hydrogen) atoms. The zero-order valence-corrected chi connectivity index (χ0v) is 18.2. The van der Waals surface area contributed by atoms with Crippen LogP contribution < -0.4 is 19.0 Å². The highest BCUT2D eigenvalue weighted by Crippen LogP contribution is 2.38. The zero-order chi connectivity index (χ0) is 20.1. The van der Waals surface area contributed by atoms with Gasteiger partial charge in [-0.25, -0.2) is 4.68 Å². The third kappa shape index (κ3) is 3.98. The Kier molecular flexibility index (Phi) is 6.53. The smallest absolute Gasteiger partial charge is 0.206 e. The summed E-state index contributed by atoms with van der Waals surface area (Å²) in [5, 5.41) is 9.02. The largest absolute Gasteiger partial charge is 0.493 e. The molecule has 3 aromatic rings. The second kappa shape index (κ2) is 9.07. The molecule has 8 heteroatoms. The molecule has 0 aliphatic heterocycles. The summed E-state index contributed by atoms with van der Waals surface area (Å²) < 4.78 is 18.2. The Labute approximate surface area is 172 Å². The lowest BCUT2D eigenvalue weighted by atomic mass is 10.1. The van der Waals surface area contributed by atoms with Gasteiger partial charge in [0.05, 0.1) is 37.6 Å². The fourth-order valence-electron chi connectivity index (χ4n) is 2.73. The first kappa shape index (κ1) is 20.2. The lowest BCUT2D eigenvalue weighted by molar-refractivity contribution is 0.324. The van der Waals surface area contributed by atoms with Crippen LogP contribution in [0.1, 0.15) is 19.4 Å². The van der Waals surface area contributed by atoms with Crippen molar-refractivity contribution in [3.63, 3.8) is 0 Å². The molecule has 0 saturated carbocycles. The van der Waals surface area contributed by atoms with Crippen molar-refractivity contribution in [1.82, 2.24) is 4.68 Å². The van der Waals surface area contributed by atoms with E-state index in [4.69, 9.17) is 19.3 Å². The van der Waals surface area contributed by atoms with Crippen LogP contribution in [0.4, 0.5) is 0 Å². The number of methoxy groups -OCH3 is 3. The summed E-state index contributed by atoms with van der Waals surface area (Å²) in [7, 11) is 4.80. The minimum atomic E-state index is 0.561. The predicted molar refractivity (Wildman–Crippen MR) is 115 cm³/mol. The van der Waals surface area contributed by atoms with Crippen molar-refractivity contribution in [2.45, 2.75) is 13.8 Å². The van der Waals surface area contributed by atoms with Gasteiger partial charge in [-0.2, -0.15) is 5.10 Å². The molecule has 2 heterocycles. The van der Waals surface area contributed by atoms with E-state index in [2.05, 4.69) is 21.8 Å². The summed E-state index contributed by atoms with van der Waals surface area (Å²) in [6.45, 7) is 4.67. The highest BCUT2D eigenvalue weighted by molar-refractivity contribution is 7.14. The van der Waals surface area contributed by atoms with Crippen LogP contribution in [0.15, 0.2) is 45.1 Å². The first-order valence-corrected chi connectivity index (χ1v) is 10.5. The summed E-state index contributed by atoms with van der Waals surface area (Å²) in [6.07, 6.45) is 0. The van der Waals surface area contributed by atoms with Crippen molar-refractivity contribution in [2.24, 2.45) is 10.1 Å². The van der Waals surface area contributed by atoms with Gasteiger partial charge in [-0.1, -0.05) is 6.07 Å². The molecule has 0 unspecified atom stereocenters. The van der Waals surface area contributed by atoms with E-state index in [9.17, 15) is 0 Å². The summed E-state index contributed by atoms with van der Waals surface area (Å²) in [5.41, 5.74) is 2.72. The molecule has 0 bridgehead atoms. The topological polar surface area (TPSA) is 57.3 Å². The molecule has 0 amide bonds. The number of hydrogen-bond donors (Lipinski definition) is 0. The van der Waals surface area contributed by atoms with E-state index in [0.717, 1.165) is 26.6 Å². The molecule has 2 aromatic heterocycles. The minimum absolute atomic E-state index is 0.561. The van der Waals surface area contributed by atoms with Crippen molar-refractivity contribution in [3.05, 3.63) is 45.4 Å². The predicted octanol–water partition coefficient (Wildman–Crippen LogP) is 4.50. The molecule has 0 saturated heterocycles. The normalized spacial score (nSPS) is 12.3. The summed E-state index contributed by atoms with van der Waals surface area (Å²) in [5.74, 6) is 1.75. The maximum atomic E-state index is 5.47. The van der Waals surface area contributed by atoms with Gasteiger partial charge in [0.2, 0.25) is 10.6 Å². The van der Waals surface area contributed by atoms with E-state index in [-0.39, 0.29) is 0 Å². The number of thiazole rings is 1. The number of rotatable bonds is 7. The van der Waals surface area contributed by atoms with Crippen LogP contribution >= 0.6 is 22.7 Å². The second-order valence-electron chi connectivity index (χ2n) is 5.77. The summed E-state index contributed by atoms with van der Waals surface area (Å²) in [4.78, 5) is 6.60. The highest BCUT2D eigenvalue weighted by Gasteiger charge is 2.15. The van der Waals surface area contributed by atoms with Gasteiger partial charge in [0.15, 0.2) is 11.5 Å². The van der Waals surface area contributed by atoms with E-state index >= 15 is 0 Å². The van der Waals surface area contributed by atoms with Crippen molar-refractivity contribution < 1.29 is 14.2 Å². The van der Waals surface area contributed by atoms with Crippen molar-refractivity contribution >= 4 is 28.4 Å². The van der Waals surface area contributed by atoms with E-state index in [0.29, 0.717) is 23.8 Å². The first-order chi connectivity index (χ1) is 13.6. The molecule has 3 rings (SSSR count). The Morgan fingerprint density at radius 1 is 1.07 bits per heavy atom. The van der Waals surface area contributed by atoms with Gasteiger partial charge in [-0.3, -0.25) is 4.99 Å². The lowest BCUT2D eigenvalue weighted by Crippen LogP contribution is -2.14. The second-order valence-corrected chi connectivity index (χ2v) is 7.55. The van der Waals surface area contributed by atoms with Gasteiger partial charge < -0.3 is 14.2 Å². The standard InChI is InChI=1S/C20H23N3O3S2/c1-6-21-20-23(15(12-28-20)18-8-7-9-27-18)22-13(2)14-10-16(24-3)19(26-5)17(11-14)25-4/h7-12H,6H2,1-5H3. The molecule has 1 aromatic carbocycles. The fraction of sp³-hybridized carbons (Fsp3) is 0.300. The van der Waals surface area contributed by atoms with Crippen LogP contribution in [0.2, 0.25) is 0 Å². The molecule has 0 N–H and O–H groups in total. The Bertz CT molecular complexity index is 1010. The molecule has 0 atom stereocenters. The lowest BCUT2D eigenvalue weighted by Gasteiger charge is -2.14. The number of thiophene rings is 1. The molecular formula is C20H23N3O3S2. The Morgan fingerprint density at radius 2 is 1.79 bits per heavy atom. The van der Waals surface area contributed by atoms with E-state index in [1.807, 2.05) is 36.7 Å².